The summed E-state index contributed by atoms with van der Waals surface area (Å²) in [6, 6.07) is 23.3. The first-order chi connectivity index (χ1) is 13.2. The highest BCUT2D eigenvalue weighted by Gasteiger charge is 2.16. The number of hydrogen-bond donors (Lipinski definition) is 0. The van der Waals surface area contributed by atoms with Crippen molar-refractivity contribution in [1.82, 2.24) is 15.0 Å². The number of halogens is 2. The Morgan fingerprint density at radius 2 is 1.70 bits per heavy atom. The Morgan fingerprint density at radius 3 is 2.56 bits per heavy atom. The average molecular weight is 398 g/mol. The van der Waals surface area contributed by atoms with E-state index >= 15 is 0 Å². The average Bonchev–Trinajstić information content (AvgIpc) is 3.11. The van der Waals surface area contributed by atoms with E-state index in [1.165, 1.54) is 0 Å². The van der Waals surface area contributed by atoms with Gasteiger partial charge in [-0.05, 0) is 41.5 Å². The van der Waals surface area contributed by atoms with Gasteiger partial charge in [-0.2, -0.15) is 0 Å². The van der Waals surface area contributed by atoms with Crippen molar-refractivity contribution in [3.8, 4) is 0 Å². The summed E-state index contributed by atoms with van der Waals surface area (Å²) in [5.74, 6) is 0. The van der Waals surface area contributed by atoms with Crippen LogP contribution in [0.1, 0.15) is 17.2 Å². The summed E-state index contributed by atoms with van der Waals surface area (Å²) in [5.41, 5.74) is 3.76. The highest BCUT2D eigenvalue weighted by molar-refractivity contribution is 6.33. The van der Waals surface area contributed by atoms with Crippen molar-refractivity contribution in [3.63, 3.8) is 0 Å². The Morgan fingerprint density at radius 1 is 0.926 bits per heavy atom. The first-order valence-electron chi connectivity index (χ1n) is 8.59. The summed E-state index contributed by atoms with van der Waals surface area (Å²) in [5, 5.41) is 9.79. The van der Waals surface area contributed by atoms with Crippen molar-refractivity contribution in [2.75, 3.05) is 0 Å². The molecular formula is C21H17Cl2N3O. The van der Waals surface area contributed by atoms with Crippen molar-refractivity contribution < 1.29 is 4.74 Å². The zero-order valence-electron chi connectivity index (χ0n) is 14.4. The fourth-order valence-corrected chi connectivity index (χ4v) is 3.34. The molecule has 1 heterocycles. The molecule has 4 rings (SSSR count). The molecule has 0 radical (unpaired) electrons. The first kappa shape index (κ1) is 18.0. The van der Waals surface area contributed by atoms with E-state index < -0.39 is 0 Å². The van der Waals surface area contributed by atoms with Crippen molar-refractivity contribution >= 4 is 34.2 Å². The topological polar surface area (TPSA) is 39.9 Å². The van der Waals surface area contributed by atoms with E-state index in [0.717, 1.165) is 22.2 Å². The van der Waals surface area contributed by atoms with Crippen LogP contribution in [0.25, 0.3) is 11.0 Å². The van der Waals surface area contributed by atoms with Crippen LogP contribution in [0, 0.1) is 0 Å². The van der Waals surface area contributed by atoms with Crippen LogP contribution < -0.4 is 0 Å². The van der Waals surface area contributed by atoms with Crippen molar-refractivity contribution in [1.29, 1.82) is 0 Å². The molecule has 0 aliphatic carbocycles. The van der Waals surface area contributed by atoms with Crippen LogP contribution in [-0.2, 0) is 17.9 Å². The summed E-state index contributed by atoms with van der Waals surface area (Å²) in [6.45, 7) is 0.897. The van der Waals surface area contributed by atoms with E-state index in [0.29, 0.717) is 23.2 Å². The van der Waals surface area contributed by atoms with Gasteiger partial charge >= 0.3 is 0 Å². The molecule has 0 N–H and O–H groups in total. The number of para-hydroxylation sites is 1. The number of nitrogens with zero attached hydrogens (tertiary/aromatic N) is 3. The highest BCUT2D eigenvalue weighted by atomic mass is 35.5. The third-order valence-electron chi connectivity index (χ3n) is 4.38. The zero-order valence-corrected chi connectivity index (χ0v) is 15.9. The van der Waals surface area contributed by atoms with Crippen LogP contribution >= 0.6 is 23.2 Å². The van der Waals surface area contributed by atoms with Gasteiger partial charge in [-0.15, -0.1) is 5.10 Å². The van der Waals surface area contributed by atoms with Gasteiger partial charge in [0.1, 0.15) is 11.6 Å². The van der Waals surface area contributed by atoms with E-state index in [2.05, 4.69) is 10.3 Å². The molecular weight excluding hydrogens is 381 g/mol. The van der Waals surface area contributed by atoms with Crippen LogP contribution in [0.5, 0.6) is 0 Å². The van der Waals surface area contributed by atoms with Crippen LogP contribution in [0.3, 0.4) is 0 Å². The molecule has 0 spiro atoms. The maximum absolute atomic E-state index is 6.28. The molecule has 0 bridgehead atoms. The lowest BCUT2D eigenvalue weighted by Gasteiger charge is -2.19. The number of hydrogen-bond acceptors (Lipinski definition) is 3. The first-order valence-corrected chi connectivity index (χ1v) is 9.35. The second kappa shape index (κ2) is 8.09. The second-order valence-corrected chi connectivity index (χ2v) is 7.05. The SMILES string of the molecule is Clc1ccc(Cl)c(COC(Cn2nnc3ccccc32)c2ccccc2)c1. The van der Waals surface area contributed by atoms with Gasteiger partial charge in [-0.3, -0.25) is 0 Å². The van der Waals surface area contributed by atoms with Crippen molar-refractivity contribution in [3.05, 3.63) is 94.0 Å². The molecule has 1 aromatic heterocycles. The molecule has 136 valence electrons. The van der Waals surface area contributed by atoms with Gasteiger partial charge in [0.15, 0.2) is 0 Å². The van der Waals surface area contributed by atoms with Gasteiger partial charge in [0, 0.05) is 10.0 Å². The number of benzene rings is 3. The van der Waals surface area contributed by atoms with E-state index in [4.69, 9.17) is 27.9 Å². The minimum atomic E-state index is -0.202. The maximum atomic E-state index is 6.28. The fraction of sp³-hybridized carbons (Fsp3) is 0.143. The zero-order chi connectivity index (χ0) is 18.6. The highest BCUT2D eigenvalue weighted by Crippen LogP contribution is 2.26. The maximum Gasteiger partial charge on any atom is 0.113 e. The quantitative estimate of drug-likeness (QED) is 0.419. The summed E-state index contributed by atoms with van der Waals surface area (Å²) in [6.07, 6.45) is -0.202. The monoisotopic (exact) mass is 397 g/mol. The van der Waals surface area contributed by atoms with Gasteiger partial charge < -0.3 is 4.74 Å². The Labute approximate surface area is 167 Å². The number of fused-ring (bicyclic) bond motifs is 1. The van der Waals surface area contributed by atoms with Gasteiger partial charge in [0.2, 0.25) is 0 Å². The molecule has 0 saturated carbocycles. The summed E-state index contributed by atoms with van der Waals surface area (Å²) >= 11 is 12.4. The molecule has 0 aliphatic rings. The molecule has 3 aromatic carbocycles. The van der Waals surface area contributed by atoms with Crippen LogP contribution in [0.4, 0.5) is 0 Å². The Bertz CT molecular complexity index is 1050. The third kappa shape index (κ3) is 4.14. The summed E-state index contributed by atoms with van der Waals surface area (Å²) in [4.78, 5) is 0. The van der Waals surface area contributed by atoms with E-state index in [1.807, 2.05) is 65.3 Å². The molecule has 4 nitrogen and oxygen atoms in total. The van der Waals surface area contributed by atoms with Crippen LogP contribution in [0.2, 0.25) is 10.0 Å². The lowest BCUT2D eigenvalue weighted by molar-refractivity contribution is 0.0262. The predicted octanol–water partition coefficient (Wildman–Crippen LogP) is 5.70. The van der Waals surface area contributed by atoms with Crippen molar-refractivity contribution in [2.24, 2.45) is 0 Å². The minimum Gasteiger partial charge on any atom is -0.367 e. The van der Waals surface area contributed by atoms with E-state index in [9.17, 15) is 0 Å². The Hall–Kier alpha value is -2.40. The Kier molecular flexibility index (Phi) is 5.39. The summed E-state index contributed by atoms with van der Waals surface area (Å²) < 4.78 is 8.11. The smallest absolute Gasteiger partial charge is 0.113 e. The molecule has 6 heteroatoms. The van der Waals surface area contributed by atoms with E-state index in [-0.39, 0.29) is 6.10 Å². The molecule has 0 fully saturated rings. The van der Waals surface area contributed by atoms with Gasteiger partial charge in [-0.25, -0.2) is 4.68 Å². The number of ether oxygens (including phenoxy) is 1. The molecule has 0 aliphatic heterocycles. The van der Waals surface area contributed by atoms with Crippen molar-refractivity contribution in [2.45, 2.75) is 19.3 Å². The van der Waals surface area contributed by atoms with Gasteiger partial charge in [0.05, 0.1) is 18.7 Å². The van der Waals surface area contributed by atoms with Crippen LogP contribution in [0.15, 0.2) is 72.8 Å². The lowest BCUT2D eigenvalue weighted by Crippen LogP contribution is -2.14. The minimum absolute atomic E-state index is 0.202. The van der Waals surface area contributed by atoms with Gasteiger partial charge in [-0.1, -0.05) is 70.9 Å². The molecule has 1 atom stereocenters. The van der Waals surface area contributed by atoms with E-state index in [1.54, 1.807) is 12.1 Å². The molecule has 0 saturated heterocycles. The lowest BCUT2D eigenvalue weighted by atomic mass is 10.1. The molecule has 4 aromatic rings. The number of aromatic nitrogens is 3. The molecule has 1 unspecified atom stereocenters. The van der Waals surface area contributed by atoms with Gasteiger partial charge in [0.25, 0.3) is 0 Å². The standard InChI is InChI=1S/C21H17Cl2N3O/c22-17-10-11-18(23)16(12-17)14-27-21(15-6-2-1-3-7-15)13-26-20-9-5-4-8-19(20)24-25-26/h1-12,21H,13-14H2. The summed E-state index contributed by atoms with van der Waals surface area (Å²) in [7, 11) is 0. The normalized spacial score (nSPS) is 12.4. The van der Waals surface area contributed by atoms with Crippen LogP contribution in [-0.4, -0.2) is 15.0 Å². The third-order valence-corrected chi connectivity index (χ3v) is 4.98. The molecule has 0 amide bonds. The largest absolute Gasteiger partial charge is 0.367 e. The second-order valence-electron chi connectivity index (χ2n) is 6.21. The molecule has 27 heavy (non-hydrogen) atoms. The number of rotatable bonds is 6. The predicted molar refractivity (Wildman–Crippen MR) is 108 cm³/mol. The Balaban J connectivity index is 1.60. The fourth-order valence-electron chi connectivity index (χ4n) is 2.98.